The lowest BCUT2D eigenvalue weighted by atomic mass is 10.1. The van der Waals surface area contributed by atoms with E-state index in [1.54, 1.807) is 18.2 Å². The summed E-state index contributed by atoms with van der Waals surface area (Å²) < 4.78 is 13.4. The van der Waals surface area contributed by atoms with Crippen LogP contribution in [0.1, 0.15) is 31.2 Å². The van der Waals surface area contributed by atoms with Crippen LogP contribution in [0.25, 0.3) is 0 Å². The van der Waals surface area contributed by atoms with E-state index in [2.05, 4.69) is 4.90 Å². The van der Waals surface area contributed by atoms with Crippen LogP contribution in [0.3, 0.4) is 0 Å². The molecule has 2 rings (SSSR count). The van der Waals surface area contributed by atoms with Crippen molar-refractivity contribution in [3.8, 4) is 0 Å². The first-order valence-electron chi connectivity index (χ1n) is 6.73. The van der Waals surface area contributed by atoms with E-state index in [1.807, 2.05) is 0 Å². The topological polar surface area (TPSA) is 20.3 Å². The molecule has 0 aliphatic carbocycles. The zero-order valence-corrected chi connectivity index (χ0v) is 10.7. The van der Waals surface area contributed by atoms with Crippen molar-refractivity contribution in [3.63, 3.8) is 0 Å². The van der Waals surface area contributed by atoms with E-state index >= 15 is 0 Å². The highest BCUT2D eigenvalue weighted by atomic mass is 19.1. The van der Waals surface area contributed by atoms with Gasteiger partial charge in [-0.15, -0.1) is 0 Å². The molecule has 1 aromatic carbocycles. The largest absolute Gasteiger partial charge is 0.298 e. The third-order valence-corrected chi connectivity index (χ3v) is 3.44. The Morgan fingerprint density at radius 3 is 2.44 bits per heavy atom. The van der Waals surface area contributed by atoms with Crippen LogP contribution < -0.4 is 0 Å². The molecule has 2 nitrogen and oxygen atoms in total. The van der Waals surface area contributed by atoms with Gasteiger partial charge in [-0.05, 0) is 37.6 Å². The predicted octanol–water partition coefficient (Wildman–Crippen LogP) is 2.81. The molecular weight excluding hydrogens is 229 g/mol. The number of benzene rings is 1. The first-order chi connectivity index (χ1) is 8.75. The molecule has 0 radical (unpaired) electrons. The molecule has 0 unspecified atom stereocenters. The number of likely N-dealkylation sites (tertiary alicyclic amines) is 1. The van der Waals surface area contributed by atoms with E-state index in [0.29, 0.717) is 12.1 Å². The summed E-state index contributed by atoms with van der Waals surface area (Å²) in [7, 11) is 0. The summed E-state index contributed by atoms with van der Waals surface area (Å²) >= 11 is 0. The molecule has 0 bridgehead atoms. The van der Waals surface area contributed by atoms with Crippen molar-refractivity contribution in [2.45, 2.75) is 32.1 Å². The monoisotopic (exact) mass is 249 g/mol. The SMILES string of the molecule is O=C(Cc1ccccc1F)CN1CCCCCC1. The Morgan fingerprint density at radius 1 is 1.11 bits per heavy atom. The van der Waals surface area contributed by atoms with Crippen LogP contribution in [0.5, 0.6) is 0 Å². The number of halogens is 1. The van der Waals surface area contributed by atoms with Gasteiger partial charge >= 0.3 is 0 Å². The first-order valence-corrected chi connectivity index (χ1v) is 6.73. The molecule has 1 aliphatic heterocycles. The fourth-order valence-corrected chi connectivity index (χ4v) is 2.45. The Kier molecular flexibility index (Phi) is 4.88. The van der Waals surface area contributed by atoms with Gasteiger partial charge in [0.2, 0.25) is 0 Å². The zero-order valence-electron chi connectivity index (χ0n) is 10.7. The van der Waals surface area contributed by atoms with Crippen LogP contribution >= 0.6 is 0 Å². The average molecular weight is 249 g/mol. The second-order valence-corrected chi connectivity index (χ2v) is 5.00. The van der Waals surface area contributed by atoms with Gasteiger partial charge in [-0.3, -0.25) is 9.69 Å². The minimum atomic E-state index is -0.276. The minimum Gasteiger partial charge on any atom is -0.298 e. The fraction of sp³-hybridized carbons (Fsp3) is 0.533. The molecule has 1 aliphatic rings. The Morgan fingerprint density at radius 2 is 1.78 bits per heavy atom. The molecule has 1 heterocycles. The standard InChI is InChI=1S/C15H20FNO/c16-15-8-4-3-7-13(15)11-14(18)12-17-9-5-1-2-6-10-17/h3-4,7-8H,1-2,5-6,9-12H2. The second-order valence-electron chi connectivity index (χ2n) is 5.00. The van der Waals surface area contributed by atoms with Crippen LogP contribution in [0.2, 0.25) is 0 Å². The molecule has 0 spiro atoms. The number of Topliss-reactive ketones (excluding diaryl/α,β-unsaturated/α-hetero) is 1. The maximum atomic E-state index is 13.4. The van der Waals surface area contributed by atoms with Gasteiger partial charge in [0.25, 0.3) is 0 Å². The number of carbonyl (C=O) groups excluding carboxylic acids is 1. The predicted molar refractivity (Wildman–Crippen MR) is 70.0 cm³/mol. The molecule has 3 heteroatoms. The average Bonchev–Trinajstić information content (AvgIpc) is 2.61. The van der Waals surface area contributed by atoms with E-state index in [1.165, 1.54) is 31.7 Å². The van der Waals surface area contributed by atoms with Crippen molar-refractivity contribution < 1.29 is 9.18 Å². The molecule has 1 aromatic rings. The summed E-state index contributed by atoms with van der Waals surface area (Å²) in [6.45, 7) is 2.47. The summed E-state index contributed by atoms with van der Waals surface area (Å²) in [6, 6.07) is 6.53. The molecule has 98 valence electrons. The number of nitrogens with zero attached hydrogens (tertiary/aromatic N) is 1. The minimum absolute atomic E-state index is 0.113. The number of hydrogen-bond donors (Lipinski definition) is 0. The highest BCUT2D eigenvalue weighted by molar-refractivity contribution is 5.82. The summed E-state index contributed by atoms with van der Waals surface area (Å²) in [5.41, 5.74) is 0.511. The maximum Gasteiger partial charge on any atom is 0.151 e. The summed E-state index contributed by atoms with van der Waals surface area (Å²) in [6.07, 6.45) is 5.08. The summed E-state index contributed by atoms with van der Waals surface area (Å²) in [5.74, 6) is -0.163. The van der Waals surface area contributed by atoms with E-state index in [9.17, 15) is 9.18 Å². The van der Waals surface area contributed by atoms with Crippen LogP contribution in [-0.4, -0.2) is 30.3 Å². The molecule has 0 amide bonds. The van der Waals surface area contributed by atoms with Crippen molar-refractivity contribution in [3.05, 3.63) is 35.6 Å². The van der Waals surface area contributed by atoms with E-state index in [4.69, 9.17) is 0 Å². The van der Waals surface area contributed by atoms with Crippen molar-refractivity contribution in [1.82, 2.24) is 4.90 Å². The van der Waals surface area contributed by atoms with Crippen molar-refractivity contribution in [2.75, 3.05) is 19.6 Å². The van der Waals surface area contributed by atoms with E-state index < -0.39 is 0 Å². The highest BCUT2D eigenvalue weighted by Crippen LogP contribution is 2.11. The molecule has 18 heavy (non-hydrogen) atoms. The Labute approximate surface area is 108 Å². The normalized spacial score (nSPS) is 17.4. The van der Waals surface area contributed by atoms with Crippen molar-refractivity contribution in [2.24, 2.45) is 0 Å². The van der Waals surface area contributed by atoms with Gasteiger partial charge in [-0.1, -0.05) is 31.0 Å². The lowest BCUT2D eigenvalue weighted by Crippen LogP contribution is -2.31. The lowest BCUT2D eigenvalue weighted by molar-refractivity contribution is -0.119. The number of ketones is 1. The molecule has 0 saturated carbocycles. The third kappa shape index (κ3) is 3.91. The third-order valence-electron chi connectivity index (χ3n) is 3.44. The number of rotatable bonds is 4. The summed E-state index contributed by atoms with van der Waals surface area (Å²) in [5, 5.41) is 0. The Balaban J connectivity index is 1.86. The van der Waals surface area contributed by atoms with Gasteiger partial charge in [0.1, 0.15) is 5.82 Å². The zero-order chi connectivity index (χ0) is 12.8. The first kappa shape index (κ1) is 13.2. The van der Waals surface area contributed by atoms with Crippen LogP contribution in [0.4, 0.5) is 4.39 Å². The van der Waals surface area contributed by atoms with Crippen LogP contribution in [-0.2, 0) is 11.2 Å². The Hall–Kier alpha value is -1.22. The maximum absolute atomic E-state index is 13.4. The molecule has 0 aromatic heterocycles. The van der Waals surface area contributed by atoms with Gasteiger partial charge in [-0.25, -0.2) is 4.39 Å². The lowest BCUT2D eigenvalue weighted by Gasteiger charge is -2.18. The summed E-state index contributed by atoms with van der Waals surface area (Å²) in [4.78, 5) is 14.1. The van der Waals surface area contributed by atoms with Gasteiger partial charge in [0, 0.05) is 6.42 Å². The van der Waals surface area contributed by atoms with Gasteiger partial charge in [0.15, 0.2) is 5.78 Å². The molecule has 0 N–H and O–H groups in total. The van der Waals surface area contributed by atoms with Gasteiger partial charge < -0.3 is 0 Å². The number of carbonyl (C=O) groups is 1. The van der Waals surface area contributed by atoms with E-state index in [0.717, 1.165) is 13.1 Å². The smallest absolute Gasteiger partial charge is 0.151 e. The van der Waals surface area contributed by atoms with Crippen molar-refractivity contribution >= 4 is 5.78 Å². The van der Waals surface area contributed by atoms with E-state index in [-0.39, 0.29) is 18.0 Å². The van der Waals surface area contributed by atoms with Crippen LogP contribution in [0, 0.1) is 5.82 Å². The molecule has 1 fully saturated rings. The number of hydrogen-bond acceptors (Lipinski definition) is 2. The Bertz CT molecular complexity index is 397. The molecule has 1 saturated heterocycles. The van der Waals surface area contributed by atoms with Gasteiger partial charge in [-0.2, -0.15) is 0 Å². The highest BCUT2D eigenvalue weighted by Gasteiger charge is 2.14. The fourth-order valence-electron chi connectivity index (χ4n) is 2.45. The second kappa shape index (κ2) is 6.64. The van der Waals surface area contributed by atoms with Crippen molar-refractivity contribution in [1.29, 1.82) is 0 Å². The quantitative estimate of drug-likeness (QED) is 0.818. The van der Waals surface area contributed by atoms with Gasteiger partial charge in [0.05, 0.1) is 6.54 Å². The molecule has 0 atom stereocenters. The van der Waals surface area contributed by atoms with Crippen LogP contribution in [0.15, 0.2) is 24.3 Å². The molecular formula is C15H20FNO.